The van der Waals surface area contributed by atoms with Gasteiger partial charge in [-0.05, 0) is 22.6 Å². The fourth-order valence-electron chi connectivity index (χ4n) is 1.72. The number of aliphatic hydroxyl groups is 2. The number of alkyl halides is 1. The SMILES string of the molecule is Nc1nc(=O)n([C@@H]2O[C@H](CO)[C@@H](O)[C@@H]2Br)cc1I. The Labute approximate surface area is 124 Å². The summed E-state index contributed by atoms with van der Waals surface area (Å²) in [5, 5.41) is 18.9. The van der Waals surface area contributed by atoms with Gasteiger partial charge in [0, 0.05) is 6.20 Å². The van der Waals surface area contributed by atoms with Gasteiger partial charge < -0.3 is 20.7 Å². The summed E-state index contributed by atoms with van der Waals surface area (Å²) < 4.78 is 7.28. The largest absolute Gasteiger partial charge is 0.394 e. The summed E-state index contributed by atoms with van der Waals surface area (Å²) >= 11 is 5.21. The molecule has 1 aromatic heterocycles. The lowest BCUT2D eigenvalue weighted by atomic mass is 10.2. The number of aromatic nitrogens is 2. The van der Waals surface area contributed by atoms with Gasteiger partial charge in [-0.3, -0.25) is 4.57 Å². The summed E-state index contributed by atoms with van der Waals surface area (Å²) in [6.45, 7) is -0.325. The number of hydrogen-bond acceptors (Lipinski definition) is 6. The molecule has 0 aromatic carbocycles. The fraction of sp³-hybridized carbons (Fsp3) is 0.556. The number of aliphatic hydroxyl groups excluding tert-OH is 2. The molecule has 100 valence electrons. The monoisotopic (exact) mass is 431 g/mol. The van der Waals surface area contributed by atoms with Crippen LogP contribution in [0.3, 0.4) is 0 Å². The Morgan fingerprint density at radius 1 is 1.67 bits per heavy atom. The van der Waals surface area contributed by atoms with Crippen molar-refractivity contribution < 1.29 is 14.9 Å². The Kier molecular flexibility index (Phi) is 4.26. The van der Waals surface area contributed by atoms with Crippen LogP contribution in [-0.4, -0.2) is 43.4 Å². The second-order valence-corrected chi connectivity index (χ2v) is 6.07. The molecule has 1 aliphatic heterocycles. The van der Waals surface area contributed by atoms with Crippen molar-refractivity contribution >= 4 is 44.3 Å². The highest BCUT2D eigenvalue weighted by Crippen LogP contribution is 2.33. The van der Waals surface area contributed by atoms with E-state index in [0.717, 1.165) is 0 Å². The predicted molar refractivity (Wildman–Crippen MR) is 75.3 cm³/mol. The zero-order valence-electron chi connectivity index (χ0n) is 9.03. The van der Waals surface area contributed by atoms with Crippen LogP contribution in [-0.2, 0) is 4.74 Å². The van der Waals surface area contributed by atoms with Crippen LogP contribution >= 0.6 is 38.5 Å². The fourth-order valence-corrected chi connectivity index (χ4v) is 2.86. The Bertz CT molecular complexity index is 511. The van der Waals surface area contributed by atoms with Crippen LogP contribution in [0.1, 0.15) is 6.23 Å². The summed E-state index contributed by atoms with van der Waals surface area (Å²) in [5.74, 6) is 0.153. The molecule has 18 heavy (non-hydrogen) atoms. The lowest BCUT2D eigenvalue weighted by molar-refractivity contribution is -0.0456. The molecular formula is C9H11BrIN3O4. The van der Waals surface area contributed by atoms with E-state index in [-0.39, 0.29) is 12.4 Å². The molecule has 0 bridgehead atoms. The minimum Gasteiger partial charge on any atom is -0.394 e. The van der Waals surface area contributed by atoms with Gasteiger partial charge in [0.25, 0.3) is 0 Å². The van der Waals surface area contributed by atoms with Gasteiger partial charge in [0.15, 0.2) is 6.23 Å². The lowest BCUT2D eigenvalue weighted by Gasteiger charge is -2.17. The average Bonchev–Trinajstić information content (AvgIpc) is 2.61. The molecule has 2 heterocycles. The number of nitrogen functional groups attached to an aromatic ring is 1. The molecule has 0 radical (unpaired) electrons. The van der Waals surface area contributed by atoms with Gasteiger partial charge in [0.05, 0.1) is 21.1 Å². The quantitative estimate of drug-likeness (QED) is 0.428. The minimum absolute atomic E-state index is 0.153. The van der Waals surface area contributed by atoms with E-state index < -0.39 is 29.0 Å². The van der Waals surface area contributed by atoms with E-state index in [1.54, 1.807) is 0 Å². The maximum Gasteiger partial charge on any atom is 0.351 e. The third-order valence-electron chi connectivity index (χ3n) is 2.68. The third-order valence-corrected chi connectivity index (χ3v) is 4.51. The first kappa shape index (κ1) is 14.2. The highest BCUT2D eigenvalue weighted by atomic mass is 127. The average molecular weight is 432 g/mol. The Morgan fingerprint density at radius 2 is 2.33 bits per heavy atom. The molecule has 0 spiro atoms. The van der Waals surface area contributed by atoms with E-state index in [1.807, 2.05) is 22.6 Å². The predicted octanol–water partition coefficient (Wildman–Crippen LogP) is -0.556. The van der Waals surface area contributed by atoms with Crippen LogP contribution in [0, 0.1) is 3.57 Å². The van der Waals surface area contributed by atoms with Crippen molar-refractivity contribution in [3.8, 4) is 0 Å². The molecule has 2 rings (SSSR count). The van der Waals surface area contributed by atoms with Crippen LogP contribution < -0.4 is 11.4 Å². The molecule has 7 nitrogen and oxygen atoms in total. The van der Waals surface area contributed by atoms with Crippen molar-refractivity contribution in [2.75, 3.05) is 12.3 Å². The normalized spacial score (nSPS) is 31.8. The second kappa shape index (κ2) is 5.41. The molecule has 0 saturated carbocycles. The van der Waals surface area contributed by atoms with Crippen LogP contribution in [0.4, 0.5) is 5.82 Å². The topological polar surface area (TPSA) is 111 Å². The van der Waals surface area contributed by atoms with Crippen LogP contribution in [0.25, 0.3) is 0 Å². The van der Waals surface area contributed by atoms with Gasteiger partial charge in [-0.15, -0.1) is 0 Å². The van der Waals surface area contributed by atoms with Gasteiger partial charge in [-0.25, -0.2) is 4.79 Å². The zero-order chi connectivity index (χ0) is 13.4. The molecule has 9 heteroatoms. The van der Waals surface area contributed by atoms with E-state index in [0.29, 0.717) is 3.57 Å². The number of rotatable bonds is 2. The highest BCUT2D eigenvalue weighted by molar-refractivity contribution is 14.1. The molecule has 1 fully saturated rings. The Balaban J connectivity index is 2.39. The third kappa shape index (κ3) is 2.41. The molecular weight excluding hydrogens is 421 g/mol. The van der Waals surface area contributed by atoms with Crippen molar-refractivity contribution in [3.05, 3.63) is 20.3 Å². The van der Waals surface area contributed by atoms with Crippen LogP contribution in [0.2, 0.25) is 0 Å². The second-order valence-electron chi connectivity index (χ2n) is 3.85. The van der Waals surface area contributed by atoms with Crippen molar-refractivity contribution in [1.82, 2.24) is 9.55 Å². The number of nitrogens with zero attached hydrogens (tertiary/aromatic N) is 2. The number of anilines is 1. The molecule has 1 aliphatic rings. The molecule has 1 saturated heterocycles. The van der Waals surface area contributed by atoms with E-state index in [1.165, 1.54) is 10.8 Å². The molecule has 0 aliphatic carbocycles. The van der Waals surface area contributed by atoms with E-state index >= 15 is 0 Å². The molecule has 4 atom stereocenters. The molecule has 4 N–H and O–H groups in total. The maximum absolute atomic E-state index is 11.8. The Hall–Kier alpha value is -0.230. The maximum atomic E-state index is 11.8. The first-order valence-corrected chi connectivity index (χ1v) is 7.07. The number of halogens is 2. The smallest absolute Gasteiger partial charge is 0.351 e. The summed E-state index contributed by atoms with van der Waals surface area (Å²) in [7, 11) is 0. The summed E-state index contributed by atoms with van der Waals surface area (Å²) in [6, 6.07) is 0. The van der Waals surface area contributed by atoms with Crippen molar-refractivity contribution in [3.63, 3.8) is 0 Å². The lowest BCUT2D eigenvalue weighted by Crippen LogP contribution is -2.33. The first-order valence-electron chi connectivity index (χ1n) is 5.08. The van der Waals surface area contributed by atoms with Crippen molar-refractivity contribution in [1.29, 1.82) is 0 Å². The van der Waals surface area contributed by atoms with Gasteiger partial charge in [0.1, 0.15) is 11.9 Å². The molecule has 0 unspecified atom stereocenters. The van der Waals surface area contributed by atoms with Gasteiger partial charge in [-0.2, -0.15) is 4.98 Å². The zero-order valence-corrected chi connectivity index (χ0v) is 12.8. The van der Waals surface area contributed by atoms with Gasteiger partial charge in [-0.1, -0.05) is 15.9 Å². The first-order chi connectivity index (χ1) is 8.45. The van der Waals surface area contributed by atoms with E-state index in [4.69, 9.17) is 15.6 Å². The van der Waals surface area contributed by atoms with Crippen LogP contribution in [0.15, 0.2) is 11.0 Å². The highest BCUT2D eigenvalue weighted by Gasteiger charge is 2.43. The van der Waals surface area contributed by atoms with Crippen molar-refractivity contribution in [2.45, 2.75) is 23.3 Å². The van der Waals surface area contributed by atoms with E-state index in [9.17, 15) is 9.90 Å². The number of ether oxygens (including phenoxy) is 1. The van der Waals surface area contributed by atoms with E-state index in [2.05, 4.69) is 20.9 Å². The number of nitrogens with two attached hydrogens (primary N) is 1. The van der Waals surface area contributed by atoms with Crippen LogP contribution in [0.5, 0.6) is 0 Å². The van der Waals surface area contributed by atoms with Gasteiger partial charge >= 0.3 is 5.69 Å². The summed E-state index contributed by atoms with van der Waals surface area (Å²) in [4.78, 5) is 14.9. The molecule has 1 aromatic rings. The Morgan fingerprint density at radius 3 is 2.89 bits per heavy atom. The number of hydrogen-bond donors (Lipinski definition) is 3. The van der Waals surface area contributed by atoms with Crippen molar-refractivity contribution in [2.24, 2.45) is 0 Å². The standard InChI is InChI=1S/C9H11BrIN3O4/c10-5-6(16)4(2-15)18-8(5)14-1-3(11)7(12)13-9(14)17/h1,4-6,8,15-16H,2H2,(H2,12,13,17)/t4-,5+,6-,8-/m1/s1. The summed E-state index contributed by atoms with van der Waals surface area (Å²) in [6.07, 6.45) is -0.855. The van der Waals surface area contributed by atoms with Gasteiger partial charge in [0.2, 0.25) is 0 Å². The minimum atomic E-state index is -0.901. The summed E-state index contributed by atoms with van der Waals surface area (Å²) in [5.41, 5.74) is 4.97. The molecule has 0 amide bonds.